The Bertz CT molecular complexity index is 867. The van der Waals surface area contributed by atoms with E-state index >= 15 is 0 Å². The van der Waals surface area contributed by atoms with E-state index in [9.17, 15) is 14.7 Å². The number of amides is 1. The molecule has 0 aliphatic carbocycles. The van der Waals surface area contributed by atoms with Crippen LogP contribution >= 0.6 is 0 Å². The number of rotatable bonds is 2. The summed E-state index contributed by atoms with van der Waals surface area (Å²) in [4.78, 5) is 25.9. The number of nitrogens with zero attached hydrogens (tertiary/aromatic N) is 5. The van der Waals surface area contributed by atoms with Crippen molar-refractivity contribution in [2.24, 2.45) is 7.05 Å². The van der Waals surface area contributed by atoms with Gasteiger partial charge in [-0.3, -0.25) is 9.48 Å². The second kappa shape index (κ2) is 6.56. The van der Waals surface area contributed by atoms with Gasteiger partial charge in [0, 0.05) is 31.4 Å². The number of aryl methyl sites for hydroxylation is 1. The number of hydrogen-bond acceptors (Lipinski definition) is 6. The molecule has 1 aliphatic heterocycles. The Kier molecular flexibility index (Phi) is 4.57. The summed E-state index contributed by atoms with van der Waals surface area (Å²) in [6.45, 7) is 5.57. The van der Waals surface area contributed by atoms with Crippen LogP contribution in [0.1, 0.15) is 26.8 Å². The number of likely N-dealkylation sites (tertiary alicyclic amines) is 1. The summed E-state index contributed by atoms with van der Waals surface area (Å²) in [5, 5.41) is 18.9. The fourth-order valence-electron chi connectivity index (χ4n) is 2.86. The molecule has 2 atom stereocenters. The lowest BCUT2D eigenvalue weighted by Crippen LogP contribution is -2.36. The van der Waals surface area contributed by atoms with Crippen LogP contribution in [0.3, 0.4) is 0 Å². The Morgan fingerprint density at radius 1 is 1.31 bits per heavy atom. The van der Waals surface area contributed by atoms with Crippen molar-refractivity contribution >= 4 is 6.09 Å². The van der Waals surface area contributed by atoms with E-state index in [1.807, 2.05) is 0 Å². The van der Waals surface area contributed by atoms with Crippen LogP contribution in [0.4, 0.5) is 4.79 Å². The van der Waals surface area contributed by atoms with Crippen molar-refractivity contribution in [3.63, 3.8) is 0 Å². The highest BCUT2D eigenvalue weighted by Gasteiger charge is 2.38. The lowest BCUT2D eigenvalue weighted by atomic mass is 10.2. The molecule has 2 aromatic heterocycles. The van der Waals surface area contributed by atoms with Gasteiger partial charge < -0.3 is 14.7 Å². The van der Waals surface area contributed by atoms with Crippen molar-refractivity contribution in [2.75, 3.05) is 13.1 Å². The largest absolute Gasteiger partial charge is 0.444 e. The Hall–Kier alpha value is -2.68. The molecule has 9 nitrogen and oxygen atoms in total. The van der Waals surface area contributed by atoms with E-state index in [4.69, 9.17) is 4.74 Å². The second-order valence-electron chi connectivity index (χ2n) is 7.42. The molecule has 0 bridgehead atoms. The van der Waals surface area contributed by atoms with Gasteiger partial charge in [-0.05, 0) is 26.8 Å². The van der Waals surface area contributed by atoms with Crippen molar-refractivity contribution in [1.29, 1.82) is 0 Å². The van der Waals surface area contributed by atoms with Crippen molar-refractivity contribution in [2.45, 2.75) is 38.5 Å². The first-order chi connectivity index (χ1) is 12.1. The van der Waals surface area contributed by atoms with Crippen LogP contribution in [0, 0.1) is 0 Å². The van der Waals surface area contributed by atoms with Gasteiger partial charge >= 0.3 is 6.09 Å². The van der Waals surface area contributed by atoms with Crippen LogP contribution in [-0.2, 0) is 11.8 Å². The summed E-state index contributed by atoms with van der Waals surface area (Å²) in [5.74, 6) is 0. The average molecular weight is 361 g/mol. The van der Waals surface area contributed by atoms with E-state index in [-0.39, 0.29) is 18.6 Å². The van der Waals surface area contributed by atoms with Gasteiger partial charge in [0.05, 0.1) is 24.5 Å². The van der Waals surface area contributed by atoms with Crippen molar-refractivity contribution in [3.8, 4) is 11.3 Å². The molecule has 0 spiro atoms. The summed E-state index contributed by atoms with van der Waals surface area (Å²) >= 11 is 0. The van der Waals surface area contributed by atoms with Gasteiger partial charge in [-0.2, -0.15) is 10.2 Å². The maximum absolute atomic E-state index is 12.3. The zero-order valence-electron chi connectivity index (χ0n) is 15.3. The highest BCUT2D eigenvalue weighted by atomic mass is 16.6. The summed E-state index contributed by atoms with van der Waals surface area (Å²) in [5.41, 5.74) is 0.362. The smallest absolute Gasteiger partial charge is 0.410 e. The number of aliphatic hydroxyl groups is 1. The van der Waals surface area contributed by atoms with Crippen LogP contribution in [-0.4, -0.2) is 60.5 Å². The molecule has 3 rings (SSSR count). The van der Waals surface area contributed by atoms with E-state index in [1.54, 1.807) is 51.0 Å². The van der Waals surface area contributed by atoms with Gasteiger partial charge in [0.2, 0.25) is 0 Å². The SMILES string of the molecule is Cn1cc(-c2ccc(=O)n(C3CN(C(=O)OC(C)(C)C)CC3O)n2)cn1. The molecule has 1 amide bonds. The number of hydrogen-bond donors (Lipinski definition) is 1. The Morgan fingerprint density at radius 3 is 2.65 bits per heavy atom. The lowest BCUT2D eigenvalue weighted by molar-refractivity contribution is 0.0269. The zero-order valence-corrected chi connectivity index (χ0v) is 15.3. The predicted molar refractivity (Wildman–Crippen MR) is 93.5 cm³/mol. The first-order valence-electron chi connectivity index (χ1n) is 8.39. The molecule has 1 fully saturated rings. The number of aliphatic hydroxyl groups excluding tert-OH is 1. The molecule has 0 saturated carbocycles. The first kappa shape index (κ1) is 18.1. The number of β-amino-alcohol motifs (C(OH)–C–C–N with tert-alkyl or cyclic N) is 1. The summed E-state index contributed by atoms with van der Waals surface area (Å²) < 4.78 is 8.21. The van der Waals surface area contributed by atoms with Gasteiger partial charge in [0.15, 0.2) is 0 Å². The van der Waals surface area contributed by atoms with Crippen molar-refractivity contribution in [1.82, 2.24) is 24.5 Å². The summed E-state index contributed by atoms with van der Waals surface area (Å²) in [7, 11) is 1.79. The van der Waals surface area contributed by atoms with Crippen LogP contribution in [0.25, 0.3) is 11.3 Å². The first-order valence-corrected chi connectivity index (χ1v) is 8.39. The van der Waals surface area contributed by atoms with Crippen LogP contribution < -0.4 is 5.56 Å². The average Bonchev–Trinajstić information content (AvgIpc) is 3.12. The summed E-state index contributed by atoms with van der Waals surface area (Å²) in [6.07, 6.45) is 2.01. The van der Waals surface area contributed by atoms with Gasteiger partial charge in [-0.1, -0.05) is 0 Å². The quantitative estimate of drug-likeness (QED) is 0.849. The molecular weight excluding hydrogens is 338 g/mol. The fraction of sp³-hybridized carbons (Fsp3) is 0.529. The molecule has 2 aromatic rings. The molecule has 1 aliphatic rings. The topological polar surface area (TPSA) is 102 Å². The van der Waals surface area contributed by atoms with Crippen molar-refractivity contribution in [3.05, 3.63) is 34.9 Å². The molecule has 140 valence electrons. The zero-order chi connectivity index (χ0) is 19.1. The maximum atomic E-state index is 12.3. The molecule has 0 radical (unpaired) electrons. The highest BCUT2D eigenvalue weighted by Crippen LogP contribution is 2.23. The third-order valence-corrected chi connectivity index (χ3v) is 4.05. The second-order valence-corrected chi connectivity index (χ2v) is 7.42. The standard InChI is InChI=1S/C17H23N5O4/c1-17(2,3)26-16(25)21-9-13(14(23)10-21)22-15(24)6-5-12(19-22)11-7-18-20(4)8-11/h5-8,13-14,23H,9-10H2,1-4H3. The number of carbonyl (C=O) groups is 1. The minimum atomic E-state index is -0.906. The van der Waals surface area contributed by atoms with Crippen molar-refractivity contribution < 1.29 is 14.6 Å². The summed E-state index contributed by atoms with van der Waals surface area (Å²) in [6, 6.07) is 2.38. The van der Waals surface area contributed by atoms with Gasteiger partial charge in [-0.15, -0.1) is 0 Å². The molecular formula is C17H23N5O4. The molecule has 26 heavy (non-hydrogen) atoms. The molecule has 1 saturated heterocycles. The maximum Gasteiger partial charge on any atom is 0.410 e. The third kappa shape index (κ3) is 3.77. The van der Waals surface area contributed by atoms with Crippen LogP contribution in [0.2, 0.25) is 0 Å². The Labute approximate surface area is 150 Å². The molecule has 2 unspecified atom stereocenters. The lowest BCUT2D eigenvalue weighted by Gasteiger charge is -2.24. The van der Waals surface area contributed by atoms with Gasteiger partial charge in [-0.25, -0.2) is 9.48 Å². The normalized spacial score (nSPS) is 20.4. The van der Waals surface area contributed by atoms with Crippen LogP contribution in [0.15, 0.2) is 29.3 Å². The highest BCUT2D eigenvalue weighted by molar-refractivity contribution is 5.68. The van der Waals surface area contributed by atoms with E-state index in [2.05, 4.69) is 10.2 Å². The minimum absolute atomic E-state index is 0.0881. The van der Waals surface area contributed by atoms with E-state index in [1.165, 1.54) is 15.6 Å². The van der Waals surface area contributed by atoms with Gasteiger partial charge in [0.25, 0.3) is 5.56 Å². The Morgan fingerprint density at radius 2 is 2.04 bits per heavy atom. The number of ether oxygens (including phenoxy) is 1. The van der Waals surface area contributed by atoms with E-state index < -0.39 is 23.8 Å². The number of aromatic nitrogens is 4. The molecule has 9 heteroatoms. The molecule has 3 heterocycles. The number of carbonyl (C=O) groups excluding carboxylic acids is 1. The fourth-order valence-corrected chi connectivity index (χ4v) is 2.86. The minimum Gasteiger partial charge on any atom is -0.444 e. The van der Waals surface area contributed by atoms with Gasteiger partial charge in [0.1, 0.15) is 11.6 Å². The third-order valence-electron chi connectivity index (χ3n) is 4.05. The van der Waals surface area contributed by atoms with E-state index in [0.717, 1.165) is 5.56 Å². The predicted octanol–water partition coefficient (Wildman–Crippen LogP) is 0.796. The molecule has 1 N–H and O–H groups in total. The molecule has 0 aromatic carbocycles. The van der Waals surface area contributed by atoms with E-state index in [0.29, 0.717) is 5.69 Å². The monoisotopic (exact) mass is 361 g/mol. The Balaban J connectivity index is 1.85. The van der Waals surface area contributed by atoms with Crippen LogP contribution in [0.5, 0.6) is 0 Å².